The summed E-state index contributed by atoms with van der Waals surface area (Å²) in [5.41, 5.74) is -1.11. The third-order valence-electron chi connectivity index (χ3n) is 2.91. The molecule has 1 aromatic carbocycles. The highest BCUT2D eigenvalue weighted by molar-refractivity contribution is 5.83. The summed E-state index contributed by atoms with van der Waals surface area (Å²) >= 11 is 0. The Morgan fingerprint density at radius 1 is 1.42 bits per heavy atom. The van der Waals surface area contributed by atoms with E-state index >= 15 is 0 Å². The maximum absolute atomic E-state index is 14.1. The van der Waals surface area contributed by atoms with Crippen molar-refractivity contribution in [3.05, 3.63) is 29.6 Å². The Morgan fingerprint density at radius 2 is 2.11 bits per heavy atom. The molecule has 0 fully saturated rings. The molecule has 1 rings (SSSR count). The summed E-state index contributed by atoms with van der Waals surface area (Å²) < 4.78 is 24.3. The number of benzene rings is 1. The zero-order valence-electron chi connectivity index (χ0n) is 11.7. The van der Waals surface area contributed by atoms with Crippen LogP contribution < -0.4 is 10.1 Å². The van der Waals surface area contributed by atoms with E-state index in [1.807, 2.05) is 6.92 Å². The number of methoxy groups -OCH3 is 1. The summed E-state index contributed by atoms with van der Waals surface area (Å²) in [5, 5.41) is 2.98. The third kappa shape index (κ3) is 3.04. The minimum Gasteiger partial charge on any atom is -0.496 e. The van der Waals surface area contributed by atoms with Crippen LogP contribution in [0, 0.1) is 5.82 Å². The molecule has 1 N–H and O–H groups in total. The quantitative estimate of drug-likeness (QED) is 0.804. The van der Waals surface area contributed by atoms with Gasteiger partial charge >= 0.3 is 5.97 Å². The summed E-state index contributed by atoms with van der Waals surface area (Å²) in [5.74, 6) is -0.715. The Bertz CT molecular complexity index is 450. The molecule has 1 aromatic rings. The maximum atomic E-state index is 14.1. The molecule has 0 radical (unpaired) electrons. The van der Waals surface area contributed by atoms with Crippen LogP contribution in [-0.2, 0) is 15.1 Å². The van der Waals surface area contributed by atoms with E-state index in [1.54, 1.807) is 19.9 Å². The molecule has 0 heterocycles. The lowest BCUT2D eigenvalue weighted by molar-refractivity contribution is -0.151. The van der Waals surface area contributed by atoms with E-state index < -0.39 is 17.3 Å². The van der Waals surface area contributed by atoms with Crippen LogP contribution in [0.25, 0.3) is 0 Å². The van der Waals surface area contributed by atoms with Gasteiger partial charge in [-0.15, -0.1) is 0 Å². The zero-order chi connectivity index (χ0) is 14.5. The van der Waals surface area contributed by atoms with Crippen molar-refractivity contribution in [2.24, 2.45) is 0 Å². The first-order valence-electron chi connectivity index (χ1n) is 6.26. The Morgan fingerprint density at radius 3 is 2.63 bits per heavy atom. The number of carbonyl (C=O) groups is 1. The number of likely N-dealkylation sites (N-methyl/N-ethyl adjacent to an activating group) is 1. The molecule has 0 amide bonds. The first-order chi connectivity index (χ1) is 9.01. The molecular weight excluding hydrogens is 249 g/mol. The normalized spacial score (nSPS) is 13.7. The van der Waals surface area contributed by atoms with E-state index in [2.05, 4.69) is 5.32 Å². The fraction of sp³-hybridized carbons (Fsp3) is 0.500. The van der Waals surface area contributed by atoms with Gasteiger partial charge in [-0.1, -0.05) is 13.0 Å². The van der Waals surface area contributed by atoms with Crippen LogP contribution >= 0.6 is 0 Å². The average Bonchev–Trinajstić information content (AvgIpc) is 2.38. The standard InChI is InChI=1S/C14H20FNO3/c1-5-16-14(3,13(17)19-6-2)12-10(15)8-7-9-11(12)18-4/h7-9,16H,5-6H2,1-4H3. The molecule has 4 nitrogen and oxygen atoms in total. The van der Waals surface area contributed by atoms with Crippen molar-refractivity contribution in [2.45, 2.75) is 26.3 Å². The maximum Gasteiger partial charge on any atom is 0.330 e. The smallest absolute Gasteiger partial charge is 0.330 e. The fourth-order valence-electron chi connectivity index (χ4n) is 2.05. The molecule has 1 atom stereocenters. The minimum atomic E-state index is -1.28. The van der Waals surface area contributed by atoms with Crippen LogP contribution in [0.15, 0.2) is 18.2 Å². The number of nitrogens with one attached hydrogen (secondary N) is 1. The second-order valence-corrected chi connectivity index (χ2v) is 4.19. The molecule has 0 bridgehead atoms. The Kier molecular flexibility index (Phi) is 5.30. The van der Waals surface area contributed by atoms with Crippen molar-refractivity contribution in [3.63, 3.8) is 0 Å². The molecule has 0 spiro atoms. The second kappa shape index (κ2) is 6.52. The summed E-state index contributed by atoms with van der Waals surface area (Å²) in [6.07, 6.45) is 0. The zero-order valence-corrected chi connectivity index (χ0v) is 11.7. The predicted molar refractivity (Wildman–Crippen MR) is 70.6 cm³/mol. The third-order valence-corrected chi connectivity index (χ3v) is 2.91. The summed E-state index contributed by atoms with van der Waals surface area (Å²) in [4.78, 5) is 12.2. The van der Waals surface area contributed by atoms with Gasteiger partial charge < -0.3 is 9.47 Å². The molecule has 0 saturated heterocycles. The number of hydrogen-bond acceptors (Lipinski definition) is 4. The van der Waals surface area contributed by atoms with Gasteiger partial charge in [0.1, 0.15) is 17.1 Å². The number of hydrogen-bond donors (Lipinski definition) is 1. The highest BCUT2D eigenvalue weighted by atomic mass is 19.1. The van der Waals surface area contributed by atoms with Crippen LogP contribution in [0.3, 0.4) is 0 Å². The van der Waals surface area contributed by atoms with Gasteiger partial charge in [0.25, 0.3) is 0 Å². The lowest BCUT2D eigenvalue weighted by Gasteiger charge is -2.30. The van der Waals surface area contributed by atoms with E-state index in [9.17, 15) is 9.18 Å². The molecule has 0 aromatic heterocycles. The highest BCUT2D eigenvalue weighted by Crippen LogP contribution is 2.33. The van der Waals surface area contributed by atoms with E-state index in [1.165, 1.54) is 19.2 Å². The molecule has 19 heavy (non-hydrogen) atoms. The molecule has 0 aliphatic rings. The SMILES string of the molecule is CCNC(C)(C(=O)OCC)c1c(F)cccc1OC. The van der Waals surface area contributed by atoms with Crippen molar-refractivity contribution in [1.82, 2.24) is 5.32 Å². The first kappa shape index (κ1) is 15.4. The summed E-state index contributed by atoms with van der Waals surface area (Å²) in [7, 11) is 1.44. The van der Waals surface area contributed by atoms with Gasteiger partial charge in [-0.3, -0.25) is 5.32 Å². The molecule has 106 valence electrons. The number of ether oxygens (including phenoxy) is 2. The van der Waals surface area contributed by atoms with Gasteiger partial charge in [0.15, 0.2) is 0 Å². The van der Waals surface area contributed by atoms with E-state index in [-0.39, 0.29) is 12.2 Å². The van der Waals surface area contributed by atoms with Crippen molar-refractivity contribution in [1.29, 1.82) is 0 Å². The first-order valence-corrected chi connectivity index (χ1v) is 6.26. The lowest BCUT2D eigenvalue weighted by atomic mass is 9.90. The van der Waals surface area contributed by atoms with Crippen molar-refractivity contribution < 1.29 is 18.7 Å². The van der Waals surface area contributed by atoms with Gasteiger partial charge in [0.2, 0.25) is 0 Å². The lowest BCUT2D eigenvalue weighted by Crippen LogP contribution is -2.48. The van der Waals surface area contributed by atoms with Gasteiger partial charge in [-0.25, -0.2) is 9.18 Å². The van der Waals surface area contributed by atoms with Crippen molar-refractivity contribution in [3.8, 4) is 5.75 Å². The topological polar surface area (TPSA) is 47.6 Å². The van der Waals surface area contributed by atoms with Gasteiger partial charge in [0.05, 0.1) is 19.3 Å². The number of carbonyl (C=O) groups excluding carboxylic acids is 1. The van der Waals surface area contributed by atoms with E-state index in [4.69, 9.17) is 9.47 Å². The van der Waals surface area contributed by atoms with Gasteiger partial charge in [-0.2, -0.15) is 0 Å². The van der Waals surface area contributed by atoms with Crippen molar-refractivity contribution in [2.75, 3.05) is 20.3 Å². The van der Waals surface area contributed by atoms with Crippen LogP contribution in [0.5, 0.6) is 5.75 Å². The Balaban J connectivity index is 3.37. The minimum absolute atomic E-state index is 0.165. The van der Waals surface area contributed by atoms with Crippen molar-refractivity contribution >= 4 is 5.97 Å². The predicted octanol–water partition coefficient (Wildman–Crippen LogP) is 2.22. The molecule has 1 unspecified atom stereocenters. The van der Waals surface area contributed by atoms with Gasteiger partial charge in [0, 0.05) is 0 Å². The Hall–Kier alpha value is -1.62. The monoisotopic (exact) mass is 269 g/mol. The molecule has 5 heteroatoms. The van der Waals surface area contributed by atoms with E-state index in [0.29, 0.717) is 12.3 Å². The molecule has 0 aliphatic carbocycles. The van der Waals surface area contributed by atoms with Gasteiger partial charge in [-0.05, 0) is 32.5 Å². The largest absolute Gasteiger partial charge is 0.496 e. The number of halogens is 1. The second-order valence-electron chi connectivity index (χ2n) is 4.19. The average molecular weight is 269 g/mol. The highest BCUT2D eigenvalue weighted by Gasteiger charge is 2.40. The van der Waals surface area contributed by atoms with Crippen LogP contribution in [0.4, 0.5) is 4.39 Å². The van der Waals surface area contributed by atoms with Crippen LogP contribution in [0.1, 0.15) is 26.3 Å². The van der Waals surface area contributed by atoms with Crippen LogP contribution in [-0.4, -0.2) is 26.2 Å². The summed E-state index contributed by atoms with van der Waals surface area (Å²) in [6.45, 7) is 5.87. The Labute approximate surface area is 112 Å². The van der Waals surface area contributed by atoms with Crippen LogP contribution in [0.2, 0.25) is 0 Å². The number of rotatable bonds is 6. The molecule has 0 saturated carbocycles. The number of esters is 1. The summed E-state index contributed by atoms with van der Waals surface area (Å²) in [6, 6.07) is 4.45. The fourth-order valence-corrected chi connectivity index (χ4v) is 2.05. The van der Waals surface area contributed by atoms with E-state index in [0.717, 1.165) is 0 Å². The molecule has 0 aliphatic heterocycles. The molecular formula is C14H20FNO3.